The predicted octanol–water partition coefficient (Wildman–Crippen LogP) is 2.58. The van der Waals surface area contributed by atoms with Crippen molar-refractivity contribution < 1.29 is 13.2 Å². The minimum Gasteiger partial charge on any atom is -0.361 e. The van der Waals surface area contributed by atoms with Crippen LogP contribution in [0.3, 0.4) is 0 Å². The normalized spacial score (nSPS) is 19.8. The molecule has 1 aromatic carbocycles. The summed E-state index contributed by atoms with van der Waals surface area (Å²) in [5, 5.41) is 0. The molecule has 1 atom stereocenters. The van der Waals surface area contributed by atoms with Crippen LogP contribution in [0.1, 0.15) is 22.9 Å². The Balaban J connectivity index is 2.63. The summed E-state index contributed by atoms with van der Waals surface area (Å²) in [7, 11) is 1.65. The molecule has 0 amide bonds. The smallest absolute Gasteiger partial charge is 0.361 e. The molecule has 0 radical (unpaired) electrons. The van der Waals surface area contributed by atoms with Crippen molar-refractivity contribution in [2.24, 2.45) is 5.73 Å². The molecule has 1 aromatic rings. The van der Waals surface area contributed by atoms with E-state index in [9.17, 15) is 13.2 Å². The molecule has 2 N–H and O–H groups in total. The second-order valence-corrected chi connectivity index (χ2v) is 3.73. The fraction of sp³-hybridized carbons (Fsp3) is 0.273. The molecule has 0 aliphatic carbocycles. The second-order valence-electron chi connectivity index (χ2n) is 3.73. The maximum Gasteiger partial charge on any atom is 0.416 e. The first-order chi connectivity index (χ1) is 7.41. The Kier molecular flexibility index (Phi) is 2.42. The van der Waals surface area contributed by atoms with Gasteiger partial charge in [0.25, 0.3) is 0 Å². The van der Waals surface area contributed by atoms with Crippen LogP contribution in [0, 0.1) is 0 Å². The average molecular weight is 228 g/mol. The van der Waals surface area contributed by atoms with E-state index in [1.165, 1.54) is 6.07 Å². The van der Waals surface area contributed by atoms with E-state index in [1.54, 1.807) is 30.3 Å². The van der Waals surface area contributed by atoms with E-state index in [0.717, 1.165) is 6.07 Å². The van der Waals surface area contributed by atoms with Crippen LogP contribution in [-0.4, -0.2) is 11.9 Å². The summed E-state index contributed by atoms with van der Waals surface area (Å²) in [6.45, 7) is 0. The molecule has 0 spiro atoms. The first-order valence-corrected chi connectivity index (χ1v) is 4.77. The summed E-state index contributed by atoms with van der Waals surface area (Å²) < 4.78 is 38.3. The number of fused-ring (bicyclic) bond motifs is 1. The Morgan fingerprint density at radius 3 is 2.62 bits per heavy atom. The zero-order valence-corrected chi connectivity index (χ0v) is 8.62. The van der Waals surface area contributed by atoms with E-state index < -0.39 is 17.9 Å². The van der Waals surface area contributed by atoms with Crippen LogP contribution in [0.5, 0.6) is 0 Å². The van der Waals surface area contributed by atoms with Gasteiger partial charge in [-0.3, -0.25) is 0 Å². The van der Waals surface area contributed by atoms with Crippen LogP contribution in [0.2, 0.25) is 0 Å². The van der Waals surface area contributed by atoms with Gasteiger partial charge in [0.2, 0.25) is 0 Å². The SMILES string of the molecule is CN1C=Cc2cccc(C(F)(F)F)c2C1N. The highest BCUT2D eigenvalue weighted by Crippen LogP contribution is 2.38. The van der Waals surface area contributed by atoms with Crippen LogP contribution in [0.25, 0.3) is 6.08 Å². The summed E-state index contributed by atoms with van der Waals surface area (Å²) in [4.78, 5) is 1.55. The molecule has 2 nitrogen and oxygen atoms in total. The van der Waals surface area contributed by atoms with Crippen molar-refractivity contribution in [3.63, 3.8) is 0 Å². The zero-order chi connectivity index (χ0) is 11.9. The topological polar surface area (TPSA) is 29.3 Å². The van der Waals surface area contributed by atoms with E-state index in [0.29, 0.717) is 5.56 Å². The molecule has 0 fully saturated rings. The molecule has 0 saturated carbocycles. The number of nitrogens with zero attached hydrogens (tertiary/aromatic N) is 1. The Bertz CT molecular complexity index is 437. The lowest BCUT2D eigenvalue weighted by atomic mass is 9.95. The van der Waals surface area contributed by atoms with Crippen molar-refractivity contribution in [2.75, 3.05) is 7.05 Å². The average Bonchev–Trinajstić information content (AvgIpc) is 2.21. The van der Waals surface area contributed by atoms with E-state index in [-0.39, 0.29) is 5.56 Å². The first-order valence-electron chi connectivity index (χ1n) is 4.77. The van der Waals surface area contributed by atoms with E-state index in [4.69, 9.17) is 5.73 Å². The number of benzene rings is 1. The highest BCUT2D eigenvalue weighted by atomic mass is 19.4. The number of hydrogen-bond donors (Lipinski definition) is 1. The summed E-state index contributed by atoms with van der Waals surface area (Å²) in [6, 6.07) is 4.09. The third-order valence-corrected chi connectivity index (χ3v) is 2.67. The van der Waals surface area contributed by atoms with E-state index >= 15 is 0 Å². The minimum absolute atomic E-state index is 0.139. The van der Waals surface area contributed by atoms with Gasteiger partial charge in [0.15, 0.2) is 0 Å². The second kappa shape index (κ2) is 3.52. The molecule has 0 saturated heterocycles. The molecule has 0 aromatic heterocycles. The zero-order valence-electron chi connectivity index (χ0n) is 8.62. The molecule has 1 heterocycles. The quantitative estimate of drug-likeness (QED) is 0.739. The monoisotopic (exact) mass is 228 g/mol. The number of rotatable bonds is 0. The predicted molar refractivity (Wildman–Crippen MR) is 55.2 cm³/mol. The number of halogens is 3. The molecular formula is C11H11F3N2. The van der Waals surface area contributed by atoms with E-state index in [1.807, 2.05) is 0 Å². The van der Waals surface area contributed by atoms with Crippen molar-refractivity contribution in [3.05, 3.63) is 41.1 Å². The maximum atomic E-state index is 12.8. The lowest BCUT2D eigenvalue weighted by Gasteiger charge is -2.30. The van der Waals surface area contributed by atoms with Gasteiger partial charge in [-0.15, -0.1) is 0 Å². The lowest BCUT2D eigenvalue weighted by molar-refractivity contribution is -0.138. The van der Waals surface area contributed by atoms with Gasteiger partial charge in [-0.1, -0.05) is 12.1 Å². The molecule has 1 unspecified atom stereocenters. The number of nitrogens with two attached hydrogens (primary N) is 1. The third kappa shape index (κ3) is 1.67. The highest BCUT2D eigenvalue weighted by Gasteiger charge is 2.36. The maximum absolute atomic E-state index is 12.8. The van der Waals surface area contributed by atoms with Crippen LogP contribution in [0.15, 0.2) is 24.4 Å². The Labute approximate surface area is 91.2 Å². The minimum atomic E-state index is -4.37. The van der Waals surface area contributed by atoms with Gasteiger partial charge in [0.05, 0.1) is 5.56 Å². The van der Waals surface area contributed by atoms with Gasteiger partial charge in [0, 0.05) is 18.8 Å². The molecule has 1 aliphatic rings. The fourth-order valence-electron chi connectivity index (χ4n) is 1.80. The summed E-state index contributed by atoms with van der Waals surface area (Å²) in [5.41, 5.74) is 5.77. The largest absolute Gasteiger partial charge is 0.416 e. The summed E-state index contributed by atoms with van der Waals surface area (Å²) in [5.74, 6) is 0. The standard InChI is InChI=1S/C11H11F3N2/c1-16-6-5-7-3-2-4-8(11(12,13)14)9(7)10(16)15/h2-6,10H,15H2,1H3. The number of hydrogen-bond acceptors (Lipinski definition) is 2. The molecule has 0 bridgehead atoms. The molecule has 2 rings (SSSR count). The van der Waals surface area contributed by atoms with Crippen molar-refractivity contribution in [1.82, 2.24) is 4.90 Å². The van der Waals surface area contributed by atoms with Gasteiger partial charge >= 0.3 is 6.18 Å². The van der Waals surface area contributed by atoms with Crippen LogP contribution in [0.4, 0.5) is 13.2 Å². The number of alkyl halides is 3. The van der Waals surface area contributed by atoms with Gasteiger partial charge in [-0.05, 0) is 17.7 Å². The summed E-state index contributed by atoms with van der Waals surface area (Å²) in [6.07, 6.45) is -1.81. The van der Waals surface area contributed by atoms with Crippen molar-refractivity contribution in [2.45, 2.75) is 12.3 Å². The summed E-state index contributed by atoms with van der Waals surface area (Å²) >= 11 is 0. The molecule has 86 valence electrons. The van der Waals surface area contributed by atoms with Gasteiger partial charge in [0.1, 0.15) is 6.17 Å². The van der Waals surface area contributed by atoms with Crippen LogP contribution in [-0.2, 0) is 6.18 Å². The van der Waals surface area contributed by atoms with Crippen molar-refractivity contribution >= 4 is 6.08 Å². The van der Waals surface area contributed by atoms with Crippen molar-refractivity contribution in [1.29, 1.82) is 0 Å². The van der Waals surface area contributed by atoms with Crippen molar-refractivity contribution in [3.8, 4) is 0 Å². The van der Waals surface area contributed by atoms with E-state index in [2.05, 4.69) is 0 Å². The molecule has 5 heteroatoms. The third-order valence-electron chi connectivity index (χ3n) is 2.67. The van der Waals surface area contributed by atoms with Crippen LogP contribution >= 0.6 is 0 Å². The Hall–Kier alpha value is -1.49. The fourth-order valence-corrected chi connectivity index (χ4v) is 1.80. The molecule has 16 heavy (non-hydrogen) atoms. The Morgan fingerprint density at radius 1 is 1.31 bits per heavy atom. The van der Waals surface area contributed by atoms with Gasteiger partial charge in [-0.2, -0.15) is 13.2 Å². The first kappa shape index (κ1) is 11.0. The Morgan fingerprint density at radius 2 is 2.00 bits per heavy atom. The molecule has 1 aliphatic heterocycles. The lowest BCUT2D eigenvalue weighted by Crippen LogP contribution is -2.32. The highest BCUT2D eigenvalue weighted by molar-refractivity contribution is 5.59. The van der Waals surface area contributed by atoms with Gasteiger partial charge in [-0.25, -0.2) is 0 Å². The van der Waals surface area contributed by atoms with Crippen LogP contribution < -0.4 is 5.73 Å². The van der Waals surface area contributed by atoms with Gasteiger partial charge < -0.3 is 10.6 Å². The molecular weight excluding hydrogens is 217 g/mol.